The van der Waals surface area contributed by atoms with E-state index >= 15 is 0 Å². The molecular formula is C12H12ClN3O2. The van der Waals surface area contributed by atoms with E-state index in [2.05, 4.69) is 5.32 Å². The maximum absolute atomic E-state index is 11.9. The van der Waals surface area contributed by atoms with Crippen LogP contribution in [-0.2, 0) is 4.79 Å². The second-order valence-electron chi connectivity index (χ2n) is 3.61. The van der Waals surface area contributed by atoms with Crippen LogP contribution in [0.3, 0.4) is 0 Å². The largest absolute Gasteiger partial charge is 0.368 e. The Morgan fingerprint density at radius 3 is 2.67 bits per heavy atom. The molecule has 2 amide bonds. The number of hydrogen-bond acceptors (Lipinski definition) is 3. The predicted molar refractivity (Wildman–Crippen MR) is 66.7 cm³/mol. The number of hydrogen-bond donors (Lipinski definition) is 2. The minimum atomic E-state index is -0.867. The third-order valence-electron chi connectivity index (χ3n) is 2.31. The van der Waals surface area contributed by atoms with Crippen molar-refractivity contribution in [1.29, 1.82) is 5.26 Å². The first-order chi connectivity index (χ1) is 8.56. The minimum Gasteiger partial charge on any atom is -0.368 e. The van der Waals surface area contributed by atoms with Crippen LogP contribution >= 0.6 is 11.6 Å². The first-order valence-electron chi connectivity index (χ1n) is 5.28. The average molecular weight is 266 g/mol. The van der Waals surface area contributed by atoms with E-state index in [9.17, 15) is 9.59 Å². The van der Waals surface area contributed by atoms with Gasteiger partial charge in [-0.25, -0.2) is 0 Å². The molecule has 3 N–H and O–H groups in total. The summed E-state index contributed by atoms with van der Waals surface area (Å²) in [4.78, 5) is 23.0. The van der Waals surface area contributed by atoms with Crippen molar-refractivity contribution in [2.45, 2.75) is 18.9 Å². The van der Waals surface area contributed by atoms with Crippen LogP contribution in [0.15, 0.2) is 24.3 Å². The molecule has 94 valence electrons. The lowest BCUT2D eigenvalue weighted by molar-refractivity contribution is -0.119. The molecule has 0 aliphatic carbocycles. The number of nitrogens with zero attached hydrogens (tertiary/aromatic N) is 1. The topological polar surface area (TPSA) is 96.0 Å². The zero-order valence-corrected chi connectivity index (χ0v) is 10.3. The van der Waals surface area contributed by atoms with E-state index in [1.54, 1.807) is 24.3 Å². The summed E-state index contributed by atoms with van der Waals surface area (Å²) in [6.45, 7) is 0. The second-order valence-corrected chi connectivity index (χ2v) is 4.01. The van der Waals surface area contributed by atoms with Crippen LogP contribution in [-0.4, -0.2) is 17.9 Å². The Labute approximate surface area is 110 Å². The normalized spacial score (nSPS) is 11.3. The number of benzene rings is 1. The average Bonchev–Trinajstić information content (AvgIpc) is 2.34. The smallest absolute Gasteiger partial charge is 0.253 e. The number of nitrogens with two attached hydrogens (primary N) is 1. The predicted octanol–water partition coefficient (Wildman–Crippen LogP) is 1.23. The van der Waals surface area contributed by atoms with Crippen LogP contribution in [0.2, 0.25) is 5.02 Å². The number of halogens is 1. The zero-order chi connectivity index (χ0) is 13.5. The first-order valence-corrected chi connectivity index (χ1v) is 5.65. The Morgan fingerprint density at radius 1 is 1.44 bits per heavy atom. The van der Waals surface area contributed by atoms with Crippen LogP contribution in [0.1, 0.15) is 23.2 Å². The summed E-state index contributed by atoms with van der Waals surface area (Å²) in [5, 5.41) is 11.2. The fraction of sp³-hybridized carbons (Fsp3) is 0.250. The summed E-state index contributed by atoms with van der Waals surface area (Å²) >= 11 is 5.86. The number of amides is 2. The van der Waals surface area contributed by atoms with Gasteiger partial charge in [-0.2, -0.15) is 5.26 Å². The van der Waals surface area contributed by atoms with Crippen molar-refractivity contribution in [3.05, 3.63) is 34.9 Å². The molecule has 0 saturated carbocycles. The highest BCUT2D eigenvalue weighted by atomic mass is 35.5. The Hall–Kier alpha value is -2.06. The Balaban J connectivity index is 2.76. The summed E-state index contributed by atoms with van der Waals surface area (Å²) in [7, 11) is 0. The number of primary amides is 1. The number of nitriles is 1. The van der Waals surface area contributed by atoms with E-state index in [1.165, 1.54) is 0 Å². The second kappa shape index (κ2) is 6.62. The molecule has 1 rings (SSSR count). The minimum absolute atomic E-state index is 0.135. The highest BCUT2D eigenvalue weighted by molar-refractivity contribution is 6.33. The van der Waals surface area contributed by atoms with Crippen LogP contribution in [0.5, 0.6) is 0 Å². The lowest BCUT2D eigenvalue weighted by Gasteiger charge is -2.14. The first kappa shape index (κ1) is 14.0. The molecule has 5 nitrogen and oxygen atoms in total. The number of carbonyl (C=O) groups is 2. The van der Waals surface area contributed by atoms with Crippen LogP contribution in [0.25, 0.3) is 0 Å². The van der Waals surface area contributed by atoms with Crippen LogP contribution in [0, 0.1) is 11.3 Å². The fourth-order valence-corrected chi connectivity index (χ4v) is 1.60. The zero-order valence-electron chi connectivity index (χ0n) is 9.52. The van der Waals surface area contributed by atoms with Crippen LogP contribution in [0.4, 0.5) is 0 Å². The van der Waals surface area contributed by atoms with E-state index in [0.717, 1.165) is 0 Å². The lowest BCUT2D eigenvalue weighted by Crippen LogP contribution is -2.44. The monoisotopic (exact) mass is 265 g/mol. The summed E-state index contributed by atoms with van der Waals surface area (Å²) in [5.41, 5.74) is 5.41. The van der Waals surface area contributed by atoms with Gasteiger partial charge in [-0.1, -0.05) is 23.7 Å². The van der Waals surface area contributed by atoms with Gasteiger partial charge in [0.2, 0.25) is 5.91 Å². The van der Waals surface area contributed by atoms with Crippen molar-refractivity contribution in [3.8, 4) is 6.07 Å². The summed E-state index contributed by atoms with van der Waals surface area (Å²) in [5.74, 6) is -1.16. The van der Waals surface area contributed by atoms with Gasteiger partial charge in [0.25, 0.3) is 5.91 Å². The summed E-state index contributed by atoms with van der Waals surface area (Å²) < 4.78 is 0. The Kier molecular flexibility index (Phi) is 5.15. The van der Waals surface area contributed by atoms with Gasteiger partial charge in [-0.3, -0.25) is 9.59 Å². The molecule has 6 heteroatoms. The van der Waals surface area contributed by atoms with Crippen molar-refractivity contribution in [1.82, 2.24) is 5.32 Å². The van der Waals surface area contributed by atoms with Gasteiger partial charge in [0.1, 0.15) is 6.04 Å². The van der Waals surface area contributed by atoms with Crippen molar-refractivity contribution in [2.24, 2.45) is 5.73 Å². The molecule has 0 fully saturated rings. The third kappa shape index (κ3) is 3.75. The SMILES string of the molecule is N#CCC[C@H](NC(=O)c1ccccc1Cl)C(N)=O. The molecule has 1 atom stereocenters. The Morgan fingerprint density at radius 2 is 2.11 bits per heavy atom. The molecule has 1 aromatic carbocycles. The van der Waals surface area contributed by atoms with E-state index in [-0.39, 0.29) is 18.4 Å². The van der Waals surface area contributed by atoms with Gasteiger partial charge in [0.15, 0.2) is 0 Å². The quantitative estimate of drug-likeness (QED) is 0.838. The highest BCUT2D eigenvalue weighted by Gasteiger charge is 2.19. The molecule has 0 radical (unpaired) electrons. The van der Waals surface area contributed by atoms with Crippen molar-refractivity contribution in [3.63, 3.8) is 0 Å². The maximum atomic E-state index is 11.9. The van der Waals surface area contributed by atoms with Crippen molar-refractivity contribution < 1.29 is 9.59 Å². The fourth-order valence-electron chi connectivity index (χ4n) is 1.38. The number of carbonyl (C=O) groups excluding carboxylic acids is 2. The number of nitrogens with one attached hydrogen (secondary N) is 1. The van der Waals surface area contributed by atoms with Gasteiger partial charge in [0.05, 0.1) is 16.7 Å². The van der Waals surface area contributed by atoms with E-state index in [4.69, 9.17) is 22.6 Å². The molecular weight excluding hydrogens is 254 g/mol. The molecule has 0 spiro atoms. The molecule has 0 saturated heterocycles. The molecule has 0 bridgehead atoms. The van der Waals surface area contributed by atoms with Gasteiger partial charge >= 0.3 is 0 Å². The Bertz CT molecular complexity index is 496. The van der Waals surface area contributed by atoms with E-state index in [1.807, 2.05) is 6.07 Å². The molecule has 0 unspecified atom stereocenters. The molecule has 0 aliphatic rings. The highest BCUT2D eigenvalue weighted by Crippen LogP contribution is 2.14. The standard InChI is InChI=1S/C12H12ClN3O2/c13-9-5-2-1-4-8(9)12(18)16-10(11(15)17)6-3-7-14/h1-2,4-5,10H,3,6H2,(H2,15,17)(H,16,18)/t10-/m0/s1. The summed E-state index contributed by atoms with van der Waals surface area (Å²) in [6, 6.07) is 7.50. The van der Waals surface area contributed by atoms with Crippen molar-refractivity contribution in [2.75, 3.05) is 0 Å². The molecule has 0 heterocycles. The third-order valence-corrected chi connectivity index (χ3v) is 2.64. The van der Waals surface area contributed by atoms with Gasteiger partial charge in [0, 0.05) is 6.42 Å². The molecule has 18 heavy (non-hydrogen) atoms. The van der Waals surface area contributed by atoms with Gasteiger partial charge < -0.3 is 11.1 Å². The van der Waals surface area contributed by atoms with Gasteiger partial charge in [-0.05, 0) is 18.6 Å². The molecule has 0 aliphatic heterocycles. The summed E-state index contributed by atoms with van der Waals surface area (Å²) in [6.07, 6.45) is 0.318. The number of rotatable bonds is 5. The molecule has 0 aromatic heterocycles. The van der Waals surface area contributed by atoms with Gasteiger partial charge in [-0.15, -0.1) is 0 Å². The van der Waals surface area contributed by atoms with Crippen molar-refractivity contribution >= 4 is 23.4 Å². The lowest BCUT2D eigenvalue weighted by atomic mass is 10.1. The molecule has 1 aromatic rings. The van der Waals surface area contributed by atoms with Crippen LogP contribution < -0.4 is 11.1 Å². The van der Waals surface area contributed by atoms with E-state index in [0.29, 0.717) is 5.02 Å². The van der Waals surface area contributed by atoms with E-state index < -0.39 is 17.9 Å². The maximum Gasteiger partial charge on any atom is 0.253 e.